The quantitative estimate of drug-likeness (QED) is 0.115. The van der Waals surface area contributed by atoms with E-state index in [0.717, 1.165) is 40.8 Å². The van der Waals surface area contributed by atoms with Gasteiger partial charge in [0, 0.05) is 30.8 Å². The van der Waals surface area contributed by atoms with E-state index in [9.17, 15) is 14.4 Å². The third kappa shape index (κ3) is 5.72. The minimum absolute atomic E-state index is 0.205. The number of hydrogen-bond donors (Lipinski definition) is 1. The standard InChI is InChI=1S/C32H32N2O5/c1-2-38-28(35)13-8-18-39-24-16-17-34-26(19-23-11-6-7-12-25(23)21-9-4-3-5-10-21)29(22-14-15-22)30(27(34)20-24)31(36)32(33)37/h3-7,9-12,16-17,20,22H,2,8,13-15,18-19H2,1H3,(H2,33,37). The number of benzene rings is 2. The lowest BCUT2D eigenvalue weighted by Crippen LogP contribution is -2.24. The fourth-order valence-corrected chi connectivity index (χ4v) is 5.16. The minimum Gasteiger partial charge on any atom is -0.493 e. The van der Waals surface area contributed by atoms with E-state index in [1.165, 1.54) is 0 Å². The van der Waals surface area contributed by atoms with Crippen molar-refractivity contribution in [2.45, 2.75) is 44.9 Å². The maximum Gasteiger partial charge on any atom is 0.305 e. The zero-order valence-electron chi connectivity index (χ0n) is 22.0. The minimum atomic E-state index is -0.971. The van der Waals surface area contributed by atoms with Crippen LogP contribution >= 0.6 is 0 Å². The summed E-state index contributed by atoms with van der Waals surface area (Å²) in [5.74, 6) is -1.15. The zero-order chi connectivity index (χ0) is 27.4. The van der Waals surface area contributed by atoms with Crippen LogP contribution in [0.2, 0.25) is 0 Å². The van der Waals surface area contributed by atoms with E-state index in [1.807, 2.05) is 47.0 Å². The number of carbonyl (C=O) groups is 3. The molecule has 1 saturated carbocycles. The molecule has 7 heteroatoms. The van der Waals surface area contributed by atoms with Gasteiger partial charge in [-0.1, -0.05) is 54.6 Å². The van der Waals surface area contributed by atoms with Gasteiger partial charge in [0.15, 0.2) is 0 Å². The smallest absolute Gasteiger partial charge is 0.305 e. The summed E-state index contributed by atoms with van der Waals surface area (Å²) >= 11 is 0. The average molecular weight is 525 g/mol. The van der Waals surface area contributed by atoms with E-state index in [1.54, 1.807) is 13.0 Å². The Morgan fingerprint density at radius 3 is 2.46 bits per heavy atom. The van der Waals surface area contributed by atoms with E-state index in [-0.39, 0.29) is 18.3 Å². The van der Waals surface area contributed by atoms with Crippen LogP contribution in [0.3, 0.4) is 0 Å². The lowest BCUT2D eigenvalue weighted by atomic mass is 9.93. The summed E-state index contributed by atoms with van der Waals surface area (Å²) in [4.78, 5) is 37.0. The van der Waals surface area contributed by atoms with Gasteiger partial charge in [-0.3, -0.25) is 14.4 Å². The summed E-state index contributed by atoms with van der Waals surface area (Å²) in [7, 11) is 0. The highest BCUT2D eigenvalue weighted by Crippen LogP contribution is 2.46. The molecule has 39 heavy (non-hydrogen) atoms. The van der Waals surface area contributed by atoms with Crippen LogP contribution in [-0.4, -0.2) is 35.3 Å². The molecule has 2 aromatic heterocycles. The van der Waals surface area contributed by atoms with Gasteiger partial charge in [0.2, 0.25) is 0 Å². The first-order valence-corrected chi connectivity index (χ1v) is 13.4. The van der Waals surface area contributed by atoms with Crippen molar-refractivity contribution < 1.29 is 23.9 Å². The first-order valence-electron chi connectivity index (χ1n) is 13.4. The molecule has 0 saturated heterocycles. The molecule has 2 N–H and O–H groups in total. The highest BCUT2D eigenvalue weighted by Gasteiger charge is 2.36. The van der Waals surface area contributed by atoms with E-state index >= 15 is 0 Å². The summed E-state index contributed by atoms with van der Waals surface area (Å²) in [6.45, 7) is 2.45. The Morgan fingerprint density at radius 1 is 1.00 bits per heavy atom. The Labute approximate surface area is 227 Å². The summed E-state index contributed by atoms with van der Waals surface area (Å²) in [6, 6.07) is 22.1. The average Bonchev–Trinajstić information content (AvgIpc) is 3.74. The Hall–Kier alpha value is -4.39. The summed E-state index contributed by atoms with van der Waals surface area (Å²) < 4.78 is 12.9. The molecule has 4 aromatic rings. The van der Waals surface area contributed by atoms with E-state index in [4.69, 9.17) is 15.2 Å². The van der Waals surface area contributed by atoms with Gasteiger partial charge in [-0.05, 0) is 60.4 Å². The predicted molar refractivity (Wildman–Crippen MR) is 149 cm³/mol. The Kier molecular flexibility index (Phi) is 7.77. The highest BCUT2D eigenvalue weighted by atomic mass is 16.5. The van der Waals surface area contributed by atoms with Crippen LogP contribution < -0.4 is 10.5 Å². The number of ketones is 1. The molecule has 5 rings (SSSR count). The van der Waals surface area contributed by atoms with Crippen LogP contribution in [0.4, 0.5) is 0 Å². The molecule has 7 nitrogen and oxygen atoms in total. The summed E-state index contributed by atoms with van der Waals surface area (Å²) in [5, 5.41) is 0. The summed E-state index contributed by atoms with van der Waals surface area (Å²) in [6.07, 6.45) is 5.17. The second-order valence-electron chi connectivity index (χ2n) is 9.78. The second kappa shape index (κ2) is 11.6. The number of amides is 1. The predicted octanol–water partition coefficient (Wildman–Crippen LogP) is 5.46. The van der Waals surface area contributed by atoms with Crippen LogP contribution in [0.25, 0.3) is 16.6 Å². The van der Waals surface area contributed by atoms with Gasteiger partial charge in [0.05, 0.1) is 24.3 Å². The molecule has 0 radical (unpaired) electrons. The molecule has 0 spiro atoms. The van der Waals surface area contributed by atoms with Crippen molar-refractivity contribution >= 4 is 23.2 Å². The number of nitrogens with zero attached hydrogens (tertiary/aromatic N) is 1. The lowest BCUT2D eigenvalue weighted by Gasteiger charge is -2.13. The van der Waals surface area contributed by atoms with E-state index in [0.29, 0.717) is 42.9 Å². The Balaban J connectivity index is 1.54. The zero-order valence-corrected chi connectivity index (χ0v) is 22.0. The first-order chi connectivity index (χ1) is 19.0. The maximum atomic E-state index is 13.2. The first kappa shape index (κ1) is 26.2. The Bertz CT molecular complexity index is 1520. The Morgan fingerprint density at radius 2 is 1.74 bits per heavy atom. The molecular formula is C32H32N2O5. The van der Waals surface area contributed by atoms with Crippen molar-refractivity contribution in [2.24, 2.45) is 5.73 Å². The van der Waals surface area contributed by atoms with Crippen LogP contribution in [0.15, 0.2) is 72.9 Å². The van der Waals surface area contributed by atoms with Crippen LogP contribution in [0.5, 0.6) is 5.75 Å². The molecule has 0 aliphatic heterocycles. The normalized spacial score (nSPS) is 12.8. The van der Waals surface area contributed by atoms with Gasteiger partial charge in [0.25, 0.3) is 11.7 Å². The van der Waals surface area contributed by atoms with Gasteiger partial charge in [-0.2, -0.15) is 0 Å². The number of fused-ring (bicyclic) bond motifs is 1. The van der Waals surface area contributed by atoms with Crippen molar-refractivity contribution in [3.63, 3.8) is 0 Å². The SMILES string of the molecule is CCOC(=O)CCCOc1ccn2c(Cc3ccccc3-c3ccccc3)c(C3CC3)c(C(=O)C(N)=O)c2c1. The fraction of sp³-hybridized carbons (Fsp3) is 0.281. The molecule has 0 bridgehead atoms. The topological polar surface area (TPSA) is 100 Å². The molecular weight excluding hydrogens is 492 g/mol. The van der Waals surface area contributed by atoms with E-state index in [2.05, 4.69) is 24.3 Å². The molecule has 0 unspecified atom stereocenters. The molecule has 2 aromatic carbocycles. The second-order valence-corrected chi connectivity index (χ2v) is 9.78. The van der Waals surface area contributed by atoms with Gasteiger partial charge in [-0.25, -0.2) is 0 Å². The van der Waals surface area contributed by atoms with Crippen LogP contribution in [0.1, 0.15) is 65.7 Å². The lowest BCUT2D eigenvalue weighted by molar-refractivity contribution is -0.143. The number of pyridine rings is 1. The van der Waals surface area contributed by atoms with Gasteiger partial charge in [0.1, 0.15) is 5.75 Å². The molecule has 1 amide bonds. The number of hydrogen-bond acceptors (Lipinski definition) is 5. The van der Waals surface area contributed by atoms with Crippen molar-refractivity contribution in [3.8, 4) is 16.9 Å². The molecule has 1 aliphatic rings. The third-order valence-electron chi connectivity index (χ3n) is 7.05. The third-order valence-corrected chi connectivity index (χ3v) is 7.05. The largest absolute Gasteiger partial charge is 0.493 e. The van der Waals surface area contributed by atoms with Crippen molar-refractivity contribution in [1.29, 1.82) is 0 Å². The van der Waals surface area contributed by atoms with Crippen molar-refractivity contribution in [3.05, 3.63) is 95.3 Å². The van der Waals surface area contributed by atoms with Crippen molar-refractivity contribution in [1.82, 2.24) is 4.40 Å². The molecule has 1 aliphatic carbocycles. The molecule has 200 valence electrons. The number of rotatable bonds is 12. The highest BCUT2D eigenvalue weighted by molar-refractivity contribution is 6.44. The molecule has 0 atom stereocenters. The number of carbonyl (C=O) groups excluding carboxylic acids is 3. The maximum absolute atomic E-state index is 13.2. The summed E-state index contributed by atoms with van der Waals surface area (Å²) in [5.41, 5.74) is 11.8. The fourth-order valence-electron chi connectivity index (χ4n) is 5.16. The number of primary amides is 1. The van der Waals surface area contributed by atoms with Crippen molar-refractivity contribution in [2.75, 3.05) is 13.2 Å². The monoisotopic (exact) mass is 524 g/mol. The number of Topliss-reactive ketones (excluding diaryl/α,β-unsaturated/α-hetero) is 1. The van der Waals surface area contributed by atoms with Gasteiger partial charge >= 0.3 is 5.97 Å². The van der Waals surface area contributed by atoms with Gasteiger partial charge < -0.3 is 19.6 Å². The number of ether oxygens (including phenoxy) is 2. The van der Waals surface area contributed by atoms with E-state index < -0.39 is 11.7 Å². The number of nitrogens with two attached hydrogens (primary N) is 1. The van der Waals surface area contributed by atoms with Crippen LogP contribution in [0, 0.1) is 0 Å². The molecule has 1 fully saturated rings. The number of aromatic nitrogens is 1. The number of esters is 1. The molecule has 2 heterocycles. The van der Waals surface area contributed by atoms with Crippen LogP contribution in [-0.2, 0) is 20.7 Å². The van der Waals surface area contributed by atoms with Gasteiger partial charge in [-0.15, -0.1) is 0 Å².